The molecule has 0 N–H and O–H groups in total. The van der Waals surface area contributed by atoms with E-state index in [4.69, 9.17) is 18.9 Å². The minimum Gasteiger partial charge on any atom is -0.451 e. The van der Waals surface area contributed by atoms with E-state index in [-0.39, 0.29) is 35.4 Å². The summed E-state index contributed by atoms with van der Waals surface area (Å²) in [6.07, 6.45) is 4.41. The molecule has 123 valence electrons. The number of hydrogen-bond donors (Lipinski definition) is 0. The normalized spacial score (nSPS) is 46.2. The third-order valence-corrected chi connectivity index (χ3v) is 5.44. The fourth-order valence-corrected chi connectivity index (χ4v) is 4.13. The molecule has 1 saturated carbocycles. The Morgan fingerprint density at radius 3 is 2.73 bits per heavy atom. The second kappa shape index (κ2) is 5.62. The van der Waals surface area contributed by atoms with E-state index in [2.05, 4.69) is 26.8 Å². The maximum absolute atomic E-state index is 10.7. The van der Waals surface area contributed by atoms with Gasteiger partial charge in [-0.1, -0.05) is 11.6 Å². The van der Waals surface area contributed by atoms with Crippen LogP contribution in [0.25, 0.3) is 0 Å². The first-order valence-electron chi connectivity index (χ1n) is 7.97. The minimum atomic E-state index is -0.284. The van der Waals surface area contributed by atoms with Crippen molar-refractivity contribution in [3.05, 3.63) is 11.6 Å². The van der Waals surface area contributed by atoms with Crippen LogP contribution in [0.4, 0.5) is 0 Å². The van der Waals surface area contributed by atoms with Gasteiger partial charge in [0.2, 0.25) is 0 Å². The summed E-state index contributed by atoms with van der Waals surface area (Å²) in [4.78, 5) is 10.7. The van der Waals surface area contributed by atoms with Crippen molar-refractivity contribution in [2.24, 2.45) is 5.92 Å². The van der Waals surface area contributed by atoms with Gasteiger partial charge in [0, 0.05) is 7.11 Å². The Morgan fingerprint density at radius 2 is 2.18 bits per heavy atom. The smallest absolute Gasteiger partial charge is 0.417 e. The van der Waals surface area contributed by atoms with Gasteiger partial charge in [0.05, 0.1) is 18.6 Å². The summed E-state index contributed by atoms with van der Waals surface area (Å²) in [7, 11) is 1.66. The molecule has 3 aliphatic rings. The van der Waals surface area contributed by atoms with Crippen molar-refractivity contribution < 1.29 is 23.7 Å². The van der Waals surface area contributed by atoms with Gasteiger partial charge >= 0.3 is 6.47 Å². The number of rotatable bonds is 6. The Hall–Kier alpha value is -0.910. The molecule has 0 amide bonds. The Bertz CT molecular complexity index is 466. The molecular formula is C17H25O5. The summed E-state index contributed by atoms with van der Waals surface area (Å²) < 4.78 is 22.7. The summed E-state index contributed by atoms with van der Waals surface area (Å²) in [5.74, 6) is 0.0765. The molecule has 3 fully saturated rings. The van der Waals surface area contributed by atoms with Gasteiger partial charge in [0.15, 0.2) is 0 Å². The first-order valence-corrected chi connectivity index (χ1v) is 7.97. The van der Waals surface area contributed by atoms with Crippen molar-refractivity contribution in [2.75, 3.05) is 13.7 Å². The first kappa shape index (κ1) is 16.0. The zero-order valence-electron chi connectivity index (χ0n) is 13.8. The van der Waals surface area contributed by atoms with Crippen LogP contribution in [0.3, 0.4) is 0 Å². The molecule has 0 aromatic carbocycles. The van der Waals surface area contributed by atoms with E-state index in [0.29, 0.717) is 0 Å². The maximum Gasteiger partial charge on any atom is 0.417 e. The minimum absolute atomic E-state index is 0.0765. The Labute approximate surface area is 131 Å². The van der Waals surface area contributed by atoms with Crippen LogP contribution < -0.4 is 0 Å². The highest BCUT2D eigenvalue weighted by Crippen LogP contribution is 2.59. The largest absolute Gasteiger partial charge is 0.451 e. The lowest BCUT2D eigenvalue weighted by Crippen LogP contribution is -2.55. The van der Waals surface area contributed by atoms with Crippen molar-refractivity contribution in [3.8, 4) is 0 Å². The number of allylic oxidation sites excluding steroid dienone is 1. The average molecular weight is 309 g/mol. The highest BCUT2D eigenvalue weighted by molar-refractivity contribution is 5.39. The first-order chi connectivity index (χ1) is 10.5. The molecule has 0 bridgehead atoms. The fourth-order valence-electron chi connectivity index (χ4n) is 4.13. The third kappa shape index (κ3) is 2.59. The number of hydrogen-bond acceptors (Lipinski definition) is 5. The van der Waals surface area contributed by atoms with E-state index in [9.17, 15) is 4.79 Å². The van der Waals surface area contributed by atoms with Crippen molar-refractivity contribution >= 4 is 6.47 Å². The molecule has 1 radical (unpaired) electrons. The van der Waals surface area contributed by atoms with Gasteiger partial charge in [-0.05, 0) is 40.0 Å². The van der Waals surface area contributed by atoms with Gasteiger partial charge in [-0.25, -0.2) is 4.79 Å². The lowest BCUT2D eigenvalue weighted by Gasteiger charge is -2.42. The standard InChI is InChI=1S/C17H25O5/c1-11(2)5-6-13-16(3,22-13)15-14(19-4)12(20-10-18)7-8-17(15)9-21-17/h5,12-15H,6-9H2,1-4H3. The van der Waals surface area contributed by atoms with Crippen LogP contribution in [-0.2, 0) is 23.7 Å². The lowest BCUT2D eigenvalue weighted by molar-refractivity contribution is -0.111. The van der Waals surface area contributed by atoms with Crippen LogP contribution in [0, 0.1) is 5.92 Å². The maximum atomic E-state index is 10.7. The van der Waals surface area contributed by atoms with Crippen LogP contribution in [0.1, 0.15) is 40.0 Å². The monoisotopic (exact) mass is 309 g/mol. The molecule has 5 heteroatoms. The summed E-state index contributed by atoms with van der Waals surface area (Å²) in [6.45, 7) is 8.62. The molecule has 1 spiro atoms. The van der Waals surface area contributed by atoms with Gasteiger partial charge in [-0.15, -0.1) is 0 Å². The van der Waals surface area contributed by atoms with Crippen molar-refractivity contribution in [2.45, 2.75) is 69.5 Å². The van der Waals surface area contributed by atoms with E-state index in [1.165, 1.54) is 5.57 Å². The van der Waals surface area contributed by atoms with Crippen LogP contribution in [0.15, 0.2) is 11.6 Å². The van der Waals surface area contributed by atoms with E-state index < -0.39 is 0 Å². The molecule has 6 unspecified atom stereocenters. The molecule has 3 rings (SSSR count). The van der Waals surface area contributed by atoms with Crippen LogP contribution in [0.2, 0.25) is 0 Å². The molecule has 2 heterocycles. The van der Waals surface area contributed by atoms with Crippen LogP contribution in [0.5, 0.6) is 0 Å². The van der Waals surface area contributed by atoms with Gasteiger partial charge in [-0.3, -0.25) is 0 Å². The fraction of sp³-hybridized carbons (Fsp3) is 0.824. The van der Waals surface area contributed by atoms with Crippen molar-refractivity contribution in [1.29, 1.82) is 0 Å². The van der Waals surface area contributed by atoms with Crippen molar-refractivity contribution in [1.82, 2.24) is 0 Å². The summed E-state index contributed by atoms with van der Waals surface area (Å²) in [5.41, 5.74) is 0.838. The Kier molecular flexibility index (Phi) is 4.08. The Morgan fingerprint density at radius 1 is 1.45 bits per heavy atom. The summed E-state index contributed by atoms with van der Waals surface area (Å²) >= 11 is 0. The van der Waals surface area contributed by atoms with Gasteiger partial charge in [0.25, 0.3) is 0 Å². The summed E-state index contributed by atoms with van der Waals surface area (Å²) in [6, 6.07) is 0. The van der Waals surface area contributed by atoms with E-state index >= 15 is 0 Å². The number of epoxide rings is 2. The Balaban J connectivity index is 1.79. The quantitative estimate of drug-likeness (QED) is 0.556. The topological polar surface area (TPSA) is 60.6 Å². The summed E-state index contributed by atoms with van der Waals surface area (Å²) in [5, 5.41) is 0. The van der Waals surface area contributed by atoms with Gasteiger partial charge in [0.1, 0.15) is 23.4 Å². The second-order valence-corrected chi connectivity index (χ2v) is 7.12. The number of ether oxygens (including phenoxy) is 4. The van der Waals surface area contributed by atoms with Gasteiger partial charge < -0.3 is 18.9 Å². The molecule has 22 heavy (non-hydrogen) atoms. The van der Waals surface area contributed by atoms with Gasteiger partial charge in [-0.2, -0.15) is 0 Å². The highest BCUT2D eigenvalue weighted by Gasteiger charge is 2.72. The second-order valence-electron chi connectivity index (χ2n) is 7.12. The molecule has 5 nitrogen and oxygen atoms in total. The zero-order valence-corrected chi connectivity index (χ0v) is 13.8. The lowest BCUT2D eigenvalue weighted by atomic mass is 9.68. The van der Waals surface area contributed by atoms with Crippen LogP contribution in [-0.4, -0.2) is 49.7 Å². The molecular weight excluding hydrogens is 284 g/mol. The zero-order chi connectivity index (χ0) is 16.0. The molecule has 1 aliphatic carbocycles. The number of carbonyl (C=O) groups excluding carboxylic acids is 1. The molecule has 6 atom stereocenters. The average Bonchev–Trinajstić information content (AvgIpc) is 3.37. The highest BCUT2D eigenvalue weighted by atomic mass is 16.6. The van der Waals surface area contributed by atoms with E-state index in [1.54, 1.807) is 13.6 Å². The molecule has 0 aromatic heterocycles. The predicted molar refractivity (Wildman–Crippen MR) is 80.1 cm³/mol. The molecule has 0 aromatic rings. The van der Waals surface area contributed by atoms with E-state index in [1.807, 2.05) is 0 Å². The molecule has 2 saturated heterocycles. The third-order valence-electron chi connectivity index (χ3n) is 5.44. The van der Waals surface area contributed by atoms with Crippen LogP contribution >= 0.6 is 0 Å². The van der Waals surface area contributed by atoms with E-state index in [0.717, 1.165) is 25.9 Å². The SMILES string of the molecule is COC1C(O[C]=O)CCC2(CO2)C1C1(C)OC1CC=C(C)C. The number of methoxy groups -OCH3 is 1. The molecule has 2 aliphatic heterocycles. The van der Waals surface area contributed by atoms with Crippen molar-refractivity contribution in [3.63, 3.8) is 0 Å². The predicted octanol–water partition coefficient (Wildman–Crippen LogP) is 2.15.